The van der Waals surface area contributed by atoms with E-state index in [1.165, 1.54) is 0 Å². The number of carboxylic acids is 1. The van der Waals surface area contributed by atoms with Crippen molar-refractivity contribution in [1.29, 1.82) is 0 Å². The first-order chi connectivity index (χ1) is 8.88. The lowest BCUT2D eigenvalue weighted by Gasteiger charge is -2.34. The molecule has 104 valence electrons. The van der Waals surface area contributed by atoms with E-state index in [1.54, 1.807) is 12.1 Å². The second-order valence-corrected chi connectivity index (χ2v) is 6.33. The minimum absolute atomic E-state index is 0.140. The van der Waals surface area contributed by atoms with Crippen molar-refractivity contribution in [3.8, 4) is 0 Å². The van der Waals surface area contributed by atoms with E-state index in [0.717, 1.165) is 11.3 Å². The Morgan fingerprint density at radius 3 is 2.74 bits per heavy atom. The van der Waals surface area contributed by atoms with Gasteiger partial charge in [0.05, 0.1) is 11.7 Å². The molecule has 19 heavy (non-hydrogen) atoms. The van der Waals surface area contributed by atoms with Gasteiger partial charge in [-0.05, 0) is 18.1 Å². The summed E-state index contributed by atoms with van der Waals surface area (Å²) < 4.78 is 22.0. The predicted molar refractivity (Wildman–Crippen MR) is 71.6 cm³/mol. The van der Waals surface area contributed by atoms with Crippen LogP contribution in [0.1, 0.15) is 17.9 Å². The first kappa shape index (κ1) is 13.8. The number of fused-ring (bicyclic) bond motifs is 1. The van der Waals surface area contributed by atoms with Crippen LogP contribution in [0, 0.1) is 0 Å². The normalized spacial score (nSPS) is 19.0. The fourth-order valence-corrected chi connectivity index (χ4v) is 2.83. The third-order valence-corrected chi connectivity index (χ3v) is 4.04. The molecule has 0 saturated carbocycles. The van der Waals surface area contributed by atoms with Gasteiger partial charge in [0.2, 0.25) is 10.0 Å². The number of hydrogen-bond donors (Lipinski definition) is 2. The van der Waals surface area contributed by atoms with Crippen molar-refractivity contribution in [3.63, 3.8) is 0 Å². The highest BCUT2D eigenvalue weighted by molar-refractivity contribution is 7.89. The molecule has 0 spiro atoms. The van der Waals surface area contributed by atoms with Crippen molar-refractivity contribution < 1.29 is 18.3 Å². The number of hydrogen-bond acceptors (Lipinski definition) is 4. The highest BCUT2D eigenvalue weighted by atomic mass is 32.2. The minimum atomic E-state index is -3.51. The molecular formula is C12H16N2O4S. The maximum atomic E-state index is 11.2. The summed E-state index contributed by atoms with van der Waals surface area (Å²) in [4.78, 5) is 13.1. The number of nitrogens with two attached hydrogens (primary N) is 1. The molecule has 1 atom stereocenters. The van der Waals surface area contributed by atoms with Crippen molar-refractivity contribution in [1.82, 2.24) is 0 Å². The van der Waals surface area contributed by atoms with Gasteiger partial charge in [-0.2, -0.15) is 0 Å². The number of nitrogens with zero attached hydrogens (tertiary/aromatic N) is 1. The van der Waals surface area contributed by atoms with Crippen LogP contribution in [0.15, 0.2) is 24.3 Å². The average Bonchev–Trinajstić information content (AvgIpc) is 2.34. The van der Waals surface area contributed by atoms with Crippen molar-refractivity contribution in [3.05, 3.63) is 29.8 Å². The Balaban J connectivity index is 2.25. The van der Waals surface area contributed by atoms with Crippen molar-refractivity contribution in [2.24, 2.45) is 5.14 Å². The Bertz CT molecular complexity index is 585. The number of benzene rings is 1. The topological polar surface area (TPSA) is 101 Å². The van der Waals surface area contributed by atoms with Gasteiger partial charge < -0.3 is 10.0 Å². The molecule has 3 N–H and O–H groups in total. The lowest BCUT2D eigenvalue weighted by Crippen LogP contribution is -2.37. The van der Waals surface area contributed by atoms with Gasteiger partial charge in [-0.25, -0.2) is 13.6 Å². The van der Waals surface area contributed by atoms with E-state index in [4.69, 9.17) is 5.14 Å². The lowest BCUT2D eigenvalue weighted by atomic mass is 9.90. The van der Waals surface area contributed by atoms with Crippen LogP contribution in [0.4, 0.5) is 5.69 Å². The zero-order valence-corrected chi connectivity index (χ0v) is 11.1. The number of sulfonamides is 1. The van der Waals surface area contributed by atoms with E-state index in [1.807, 2.05) is 17.0 Å². The number of carboxylic acid groups (broad SMARTS) is 1. The zero-order valence-electron chi connectivity index (χ0n) is 10.3. The largest absolute Gasteiger partial charge is 0.481 e. The van der Waals surface area contributed by atoms with E-state index in [-0.39, 0.29) is 12.3 Å². The summed E-state index contributed by atoms with van der Waals surface area (Å²) in [5.41, 5.74) is 1.51. The van der Waals surface area contributed by atoms with Crippen molar-refractivity contribution in [2.45, 2.75) is 12.3 Å². The number of rotatable bonds is 4. The van der Waals surface area contributed by atoms with Crippen molar-refractivity contribution >= 4 is 21.7 Å². The summed E-state index contributed by atoms with van der Waals surface area (Å²) in [6, 6.07) is 7.19. The second-order valence-electron chi connectivity index (χ2n) is 4.59. The zero-order chi connectivity index (χ0) is 14.0. The minimum Gasteiger partial charge on any atom is -0.481 e. The maximum Gasteiger partial charge on any atom is 0.311 e. The molecule has 6 nitrogen and oxygen atoms in total. The van der Waals surface area contributed by atoms with Gasteiger partial charge in [-0.3, -0.25) is 4.79 Å². The quantitative estimate of drug-likeness (QED) is 0.831. The molecule has 1 aromatic rings. The van der Waals surface area contributed by atoms with Crippen LogP contribution in [0.2, 0.25) is 0 Å². The van der Waals surface area contributed by atoms with Gasteiger partial charge in [0, 0.05) is 18.8 Å². The lowest BCUT2D eigenvalue weighted by molar-refractivity contribution is -0.139. The molecule has 7 heteroatoms. The fourth-order valence-electron chi connectivity index (χ4n) is 2.36. The van der Waals surface area contributed by atoms with E-state index >= 15 is 0 Å². The average molecular weight is 284 g/mol. The first-order valence-electron chi connectivity index (χ1n) is 5.95. The molecule has 1 unspecified atom stereocenters. The predicted octanol–water partition coefficient (Wildman–Crippen LogP) is 0.353. The smallest absolute Gasteiger partial charge is 0.311 e. The first-order valence-corrected chi connectivity index (χ1v) is 7.67. The number of primary sulfonamides is 1. The van der Waals surface area contributed by atoms with E-state index in [9.17, 15) is 18.3 Å². The molecule has 0 fully saturated rings. The van der Waals surface area contributed by atoms with Gasteiger partial charge in [-0.15, -0.1) is 0 Å². The molecule has 0 bridgehead atoms. The molecule has 0 radical (unpaired) electrons. The standard InChI is InChI=1S/C12H16N2O4S/c13-19(17,18)8-7-14-6-5-10(12(15)16)9-3-1-2-4-11(9)14/h1-4,10H,5-8H2,(H,15,16)(H2,13,17,18). The Kier molecular flexibility index (Phi) is 3.77. The fraction of sp³-hybridized carbons (Fsp3) is 0.417. The third kappa shape index (κ3) is 3.24. The number of para-hydroxylation sites is 1. The van der Waals surface area contributed by atoms with Crippen LogP contribution in [0.3, 0.4) is 0 Å². The molecule has 1 aliphatic heterocycles. The Labute approximate surface area is 111 Å². The summed E-state index contributed by atoms with van der Waals surface area (Å²) >= 11 is 0. The molecule has 0 amide bonds. The molecule has 2 rings (SSSR count). The summed E-state index contributed by atoms with van der Waals surface area (Å²) in [5.74, 6) is -1.51. The molecule has 1 aliphatic rings. The molecular weight excluding hydrogens is 268 g/mol. The van der Waals surface area contributed by atoms with Crippen LogP contribution in [-0.2, 0) is 14.8 Å². The van der Waals surface area contributed by atoms with Crippen LogP contribution >= 0.6 is 0 Å². The monoisotopic (exact) mass is 284 g/mol. The third-order valence-electron chi connectivity index (χ3n) is 3.28. The van der Waals surface area contributed by atoms with Gasteiger partial charge in [0.1, 0.15) is 0 Å². The maximum absolute atomic E-state index is 11.2. The summed E-state index contributed by atoms with van der Waals surface area (Å²) in [5, 5.41) is 14.2. The number of anilines is 1. The second kappa shape index (κ2) is 5.18. The number of aliphatic carboxylic acids is 1. The molecule has 1 heterocycles. The Hall–Kier alpha value is -1.60. The van der Waals surface area contributed by atoms with E-state index < -0.39 is 21.9 Å². The molecule has 1 aromatic carbocycles. The van der Waals surface area contributed by atoms with Gasteiger partial charge in [0.25, 0.3) is 0 Å². The molecule has 0 aliphatic carbocycles. The highest BCUT2D eigenvalue weighted by Gasteiger charge is 2.29. The summed E-state index contributed by atoms with van der Waals surface area (Å²) in [6.07, 6.45) is 0.469. The number of carbonyl (C=O) groups is 1. The van der Waals surface area contributed by atoms with Gasteiger partial charge in [-0.1, -0.05) is 18.2 Å². The van der Waals surface area contributed by atoms with Gasteiger partial charge >= 0.3 is 5.97 Å². The van der Waals surface area contributed by atoms with E-state index in [0.29, 0.717) is 13.0 Å². The Morgan fingerprint density at radius 1 is 1.42 bits per heavy atom. The van der Waals surface area contributed by atoms with Crippen LogP contribution < -0.4 is 10.0 Å². The van der Waals surface area contributed by atoms with Crippen LogP contribution in [-0.4, -0.2) is 38.3 Å². The van der Waals surface area contributed by atoms with Crippen LogP contribution in [0.5, 0.6) is 0 Å². The summed E-state index contributed by atoms with van der Waals surface area (Å²) in [7, 11) is -3.51. The van der Waals surface area contributed by atoms with Crippen LogP contribution in [0.25, 0.3) is 0 Å². The van der Waals surface area contributed by atoms with E-state index in [2.05, 4.69) is 0 Å². The van der Waals surface area contributed by atoms with Gasteiger partial charge in [0.15, 0.2) is 0 Å². The molecule has 0 aromatic heterocycles. The Morgan fingerprint density at radius 2 is 2.11 bits per heavy atom. The van der Waals surface area contributed by atoms with Crippen molar-refractivity contribution in [2.75, 3.05) is 23.7 Å². The SMILES string of the molecule is NS(=O)(=O)CCN1CCC(C(=O)O)c2ccccc21. The molecule has 0 saturated heterocycles. The highest BCUT2D eigenvalue weighted by Crippen LogP contribution is 2.35. The summed E-state index contributed by atoms with van der Waals surface area (Å²) in [6.45, 7) is 0.797.